The number of aryl methyl sites for hydroxylation is 1. The number of aromatic amines is 1. The van der Waals surface area contributed by atoms with Crippen molar-refractivity contribution in [3.63, 3.8) is 0 Å². The van der Waals surface area contributed by atoms with Gasteiger partial charge >= 0.3 is 0 Å². The third-order valence-corrected chi connectivity index (χ3v) is 7.26. The first-order valence-corrected chi connectivity index (χ1v) is 13.2. The lowest BCUT2D eigenvalue weighted by Gasteiger charge is -2.20. The van der Waals surface area contributed by atoms with E-state index in [0.717, 1.165) is 41.7 Å². The van der Waals surface area contributed by atoms with Crippen LogP contribution in [0.25, 0.3) is 22.3 Å². The summed E-state index contributed by atoms with van der Waals surface area (Å²) in [6.45, 7) is 3.54. The number of phenols is 1. The van der Waals surface area contributed by atoms with E-state index in [1.54, 1.807) is 24.5 Å². The van der Waals surface area contributed by atoms with Gasteiger partial charge in [0.05, 0.1) is 24.1 Å². The molecule has 0 spiro atoms. The molecule has 0 bridgehead atoms. The topological polar surface area (TPSA) is 120 Å². The molecule has 1 amide bonds. The number of amides is 1. The highest BCUT2D eigenvalue weighted by atomic mass is 19.1. The predicted molar refractivity (Wildman–Crippen MR) is 153 cm³/mol. The number of aromatic hydroxyl groups is 1. The average molecular weight is 537 g/mol. The molecule has 9 heteroatoms. The molecule has 2 aromatic heterocycles. The van der Waals surface area contributed by atoms with Crippen LogP contribution >= 0.6 is 0 Å². The Kier molecular flexibility index (Phi) is 6.65. The third-order valence-electron chi connectivity index (χ3n) is 7.26. The average Bonchev–Trinajstić information content (AvgIpc) is 3.59. The van der Waals surface area contributed by atoms with E-state index in [9.17, 15) is 14.3 Å². The smallest absolute Gasteiger partial charge is 0.252 e. The SMILES string of the molecule is Cc1cc(C(=O)N[C@@H](c2cc3ccccc3[nH]2)c2cc(F)ccc2O)cc(-c2ncc(N3CC[C@H](N)C3)cn2)c1. The fraction of sp³-hybridized carbons (Fsp3) is 0.194. The van der Waals surface area contributed by atoms with Crippen molar-refractivity contribution in [3.05, 3.63) is 107 Å². The highest BCUT2D eigenvalue weighted by molar-refractivity contribution is 5.96. The number of hydrogen-bond acceptors (Lipinski definition) is 6. The molecular weight excluding hydrogens is 507 g/mol. The monoisotopic (exact) mass is 536 g/mol. The normalized spacial score (nSPS) is 15.9. The molecule has 5 N–H and O–H groups in total. The number of rotatable bonds is 6. The third kappa shape index (κ3) is 5.11. The molecule has 1 aliphatic rings. The Hall–Kier alpha value is -4.76. The minimum Gasteiger partial charge on any atom is -0.508 e. The Morgan fingerprint density at radius 3 is 2.67 bits per heavy atom. The van der Waals surface area contributed by atoms with Crippen LogP contribution in [0.5, 0.6) is 5.75 Å². The van der Waals surface area contributed by atoms with Crippen molar-refractivity contribution in [1.82, 2.24) is 20.3 Å². The molecule has 3 aromatic carbocycles. The Morgan fingerprint density at radius 1 is 1.12 bits per heavy atom. The minimum atomic E-state index is -0.832. The van der Waals surface area contributed by atoms with Gasteiger partial charge in [0.25, 0.3) is 5.91 Å². The quantitative estimate of drug-likeness (QED) is 0.247. The Bertz CT molecular complexity index is 1670. The highest BCUT2D eigenvalue weighted by Crippen LogP contribution is 2.32. The zero-order chi connectivity index (χ0) is 27.8. The predicted octanol–water partition coefficient (Wildman–Crippen LogP) is 4.83. The van der Waals surface area contributed by atoms with E-state index in [4.69, 9.17) is 5.73 Å². The number of aromatic nitrogens is 3. The van der Waals surface area contributed by atoms with Crippen molar-refractivity contribution in [2.24, 2.45) is 5.73 Å². The van der Waals surface area contributed by atoms with Crippen LogP contribution in [-0.2, 0) is 0 Å². The van der Waals surface area contributed by atoms with Gasteiger partial charge in [-0.25, -0.2) is 14.4 Å². The van der Waals surface area contributed by atoms with Crippen LogP contribution in [0, 0.1) is 12.7 Å². The van der Waals surface area contributed by atoms with Gasteiger partial charge in [-0.3, -0.25) is 4.79 Å². The molecular formula is C31H29FN6O2. The van der Waals surface area contributed by atoms with Crippen LogP contribution in [0.3, 0.4) is 0 Å². The number of anilines is 1. The van der Waals surface area contributed by atoms with Crippen LogP contribution in [0.4, 0.5) is 10.1 Å². The molecule has 0 radical (unpaired) electrons. The number of para-hydroxylation sites is 1. The van der Waals surface area contributed by atoms with Gasteiger partial charge in [0, 0.05) is 47.0 Å². The van der Waals surface area contributed by atoms with Crippen molar-refractivity contribution in [1.29, 1.82) is 0 Å². The lowest BCUT2D eigenvalue weighted by molar-refractivity contribution is 0.0942. The molecule has 1 saturated heterocycles. The molecule has 202 valence electrons. The second-order valence-electron chi connectivity index (χ2n) is 10.3. The fourth-order valence-corrected chi connectivity index (χ4v) is 5.24. The number of carbonyl (C=O) groups is 1. The van der Waals surface area contributed by atoms with Crippen LogP contribution in [-0.4, -0.2) is 45.1 Å². The van der Waals surface area contributed by atoms with Crippen molar-refractivity contribution in [2.45, 2.75) is 25.4 Å². The molecule has 2 atom stereocenters. The summed E-state index contributed by atoms with van der Waals surface area (Å²) in [6, 6.07) is 18.0. The number of phenolic OH excluding ortho intramolecular Hbond substituents is 1. The molecule has 5 aromatic rings. The van der Waals surface area contributed by atoms with E-state index < -0.39 is 11.9 Å². The van der Waals surface area contributed by atoms with Gasteiger partial charge in [0.1, 0.15) is 11.6 Å². The van der Waals surface area contributed by atoms with E-state index in [2.05, 4.69) is 25.2 Å². The summed E-state index contributed by atoms with van der Waals surface area (Å²) in [4.78, 5) is 28.2. The van der Waals surface area contributed by atoms with Gasteiger partial charge in [0.2, 0.25) is 0 Å². The number of nitrogens with two attached hydrogens (primary N) is 1. The number of benzene rings is 3. The summed E-state index contributed by atoms with van der Waals surface area (Å²) >= 11 is 0. The number of nitrogens with one attached hydrogen (secondary N) is 2. The van der Waals surface area contributed by atoms with E-state index in [1.807, 2.05) is 43.3 Å². The number of fused-ring (bicyclic) bond motifs is 1. The lowest BCUT2D eigenvalue weighted by atomic mass is 10.0. The summed E-state index contributed by atoms with van der Waals surface area (Å²) in [7, 11) is 0. The van der Waals surface area contributed by atoms with Gasteiger partial charge in [-0.05, 0) is 72.8 Å². The number of halogens is 1. The van der Waals surface area contributed by atoms with E-state index >= 15 is 0 Å². The van der Waals surface area contributed by atoms with E-state index in [1.165, 1.54) is 18.2 Å². The molecule has 8 nitrogen and oxygen atoms in total. The largest absolute Gasteiger partial charge is 0.508 e. The summed E-state index contributed by atoms with van der Waals surface area (Å²) in [5.41, 5.74) is 10.6. The number of carbonyl (C=O) groups excluding carboxylic acids is 1. The maximum atomic E-state index is 14.3. The highest BCUT2D eigenvalue weighted by Gasteiger charge is 2.24. The second kappa shape index (κ2) is 10.4. The Labute approximate surface area is 230 Å². The van der Waals surface area contributed by atoms with Gasteiger partial charge in [-0.1, -0.05) is 18.2 Å². The maximum Gasteiger partial charge on any atom is 0.252 e. The van der Waals surface area contributed by atoms with Crippen LogP contribution in [0.2, 0.25) is 0 Å². The van der Waals surface area contributed by atoms with Crippen molar-refractivity contribution < 1.29 is 14.3 Å². The first-order valence-electron chi connectivity index (χ1n) is 13.2. The number of H-pyrrole nitrogens is 1. The van der Waals surface area contributed by atoms with Crippen LogP contribution in [0.1, 0.15) is 39.6 Å². The minimum absolute atomic E-state index is 0.122. The van der Waals surface area contributed by atoms with Crippen molar-refractivity contribution in [2.75, 3.05) is 18.0 Å². The standard InChI is InChI=1S/C31H29FN6O2/c1-18-10-20(30-34-15-24(16-35-30)38-9-8-23(33)17-38)12-21(11-18)31(40)37-29(25-14-22(32)6-7-28(25)39)27-13-19-4-2-3-5-26(19)36-27/h2-7,10-16,23,29,36,39H,8-9,17,33H2,1H3,(H,37,40)/t23-,29+/m0/s1. The maximum absolute atomic E-state index is 14.3. The summed E-state index contributed by atoms with van der Waals surface area (Å²) in [5.74, 6) is -0.528. The van der Waals surface area contributed by atoms with Gasteiger partial charge < -0.3 is 26.0 Å². The Balaban J connectivity index is 1.32. The van der Waals surface area contributed by atoms with Gasteiger partial charge in [-0.15, -0.1) is 0 Å². The molecule has 0 saturated carbocycles. The van der Waals surface area contributed by atoms with Gasteiger partial charge in [-0.2, -0.15) is 0 Å². The molecule has 6 rings (SSSR count). The summed E-state index contributed by atoms with van der Waals surface area (Å²) < 4.78 is 14.3. The summed E-state index contributed by atoms with van der Waals surface area (Å²) in [6.07, 6.45) is 4.49. The first kappa shape index (κ1) is 25.5. The number of hydrogen-bond donors (Lipinski definition) is 4. The molecule has 0 unspecified atom stereocenters. The van der Waals surface area contributed by atoms with Crippen LogP contribution < -0.4 is 16.0 Å². The zero-order valence-corrected chi connectivity index (χ0v) is 21.9. The molecule has 3 heterocycles. The van der Waals surface area contributed by atoms with Gasteiger partial charge in [0.15, 0.2) is 5.82 Å². The zero-order valence-electron chi connectivity index (χ0n) is 21.9. The van der Waals surface area contributed by atoms with Crippen molar-refractivity contribution in [3.8, 4) is 17.1 Å². The molecule has 40 heavy (non-hydrogen) atoms. The summed E-state index contributed by atoms with van der Waals surface area (Å²) in [5, 5.41) is 14.5. The van der Waals surface area contributed by atoms with Crippen LogP contribution in [0.15, 0.2) is 79.1 Å². The molecule has 0 aliphatic carbocycles. The molecule has 1 fully saturated rings. The Morgan fingerprint density at radius 2 is 1.93 bits per heavy atom. The fourth-order valence-electron chi connectivity index (χ4n) is 5.24. The molecule has 1 aliphatic heterocycles. The number of nitrogens with zero attached hydrogens (tertiary/aromatic N) is 3. The first-order chi connectivity index (χ1) is 19.3. The van der Waals surface area contributed by atoms with Crippen molar-refractivity contribution >= 4 is 22.5 Å². The van der Waals surface area contributed by atoms with E-state index in [0.29, 0.717) is 22.6 Å². The lowest BCUT2D eigenvalue weighted by Crippen LogP contribution is -2.30. The van der Waals surface area contributed by atoms with E-state index in [-0.39, 0.29) is 23.3 Å². The second-order valence-corrected chi connectivity index (χ2v) is 10.3.